The molecule has 1 saturated heterocycles. The van der Waals surface area contributed by atoms with Gasteiger partial charge in [-0.05, 0) is 18.9 Å². The Morgan fingerprint density at radius 2 is 2.46 bits per heavy atom. The zero-order valence-electron chi connectivity index (χ0n) is 7.56. The molecule has 0 spiro atoms. The molecule has 1 aliphatic heterocycles. The van der Waals surface area contributed by atoms with Crippen molar-refractivity contribution in [3.05, 3.63) is 18.5 Å². The van der Waals surface area contributed by atoms with Crippen LogP contribution < -0.4 is 0 Å². The fraction of sp³-hybridized carbons (Fsp3) is 0.667. The summed E-state index contributed by atoms with van der Waals surface area (Å²) in [6.07, 6.45) is 6.31. The van der Waals surface area contributed by atoms with Gasteiger partial charge in [0.05, 0.1) is 6.61 Å². The van der Waals surface area contributed by atoms with E-state index in [1.807, 2.05) is 23.1 Å². The zero-order chi connectivity index (χ0) is 8.23. The smallest absolute Gasteiger partial charge is 0.0511 e. The molecule has 0 N–H and O–H groups in total. The molecule has 0 bridgehead atoms. The Hall–Kier alpha value is -0.540. The van der Waals surface area contributed by atoms with E-state index in [2.05, 4.69) is 5.10 Å². The van der Waals surface area contributed by atoms with E-state index in [9.17, 15) is 0 Å². The van der Waals surface area contributed by atoms with Gasteiger partial charge in [0.25, 0.3) is 0 Å². The summed E-state index contributed by atoms with van der Waals surface area (Å²) in [5, 5.41) is 4.17. The number of rotatable bonds is 2. The molecule has 74 valence electrons. The number of aromatic nitrogens is 2. The molecular weight excluding hydrogens is 188 g/mol. The summed E-state index contributed by atoms with van der Waals surface area (Å²) >= 11 is 0. The summed E-state index contributed by atoms with van der Waals surface area (Å²) in [6, 6.07) is 1.96. The van der Waals surface area contributed by atoms with Crippen molar-refractivity contribution in [2.75, 3.05) is 13.2 Å². The fourth-order valence-electron chi connectivity index (χ4n) is 1.62. The van der Waals surface area contributed by atoms with Crippen molar-refractivity contribution in [1.29, 1.82) is 0 Å². The maximum absolute atomic E-state index is 5.39. The Bertz CT molecular complexity index is 220. The Labute approximate surface area is 84.5 Å². The second kappa shape index (κ2) is 5.25. The van der Waals surface area contributed by atoms with Gasteiger partial charge in [0.1, 0.15) is 0 Å². The van der Waals surface area contributed by atoms with Gasteiger partial charge in [0.2, 0.25) is 0 Å². The molecule has 1 fully saturated rings. The summed E-state index contributed by atoms with van der Waals surface area (Å²) in [4.78, 5) is 0. The average molecular weight is 203 g/mol. The van der Waals surface area contributed by atoms with Crippen LogP contribution in [0.1, 0.15) is 12.8 Å². The highest BCUT2D eigenvalue weighted by Crippen LogP contribution is 2.14. The predicted molar refractivity (Wildman–Crippen MR) is 53.0 cm³/mol. The molecule has 2 heterocycles. The topological polar surface area (TPSA) is 27.1 Å². The van der Waals surface area contributed by atoms with Crippen molar-refractivity contribution in [2.24, 2.45) is 5.92 Å². The number of halogens is 1. The van der Waals surface area contributed by atoms with Crippen LogP contribution in [0, 0.1) is 5.92 Å². The van der Waals surface area contributed by atoms with Crippen LogP contribution in [-0.4, -0.2) is 23.0 Å². The lowest BCUT2D eigenvalue weighted by molar-refractivity contribution is 0.0470. The standard InChI is InChI=1S/C9H14N2O.ClH/c1-3-9(8-12-6-1)7-11-5-2-4-10-11;/h2,4-5,9H,1,3,6-8H2;1H. The number of hydrogen-bond acceptors (Lipinski definition) is 2. The molecule has 1 aromatic heterocycles. The average Bonchev–Trinajstić information content (AvgIpc) is 2.59. The summed E-state index contributed by atoms with van der Waals surface area (Å²) in [6.45, 7) is 2.85. The Morgan fingerprint density at radius 1 is 1.54 bits per heavy atom. The van der Waals surface area contributed by atoms with Crippen molar-refractivity contribution in [3.8, 4) is 0 Å². The molecule has 0 radical (unpaired) electrons. The van der Waals surface area contributed by atoms with E-state index in [4.69, 9.17) is 4.74 Å². The minimum atomic E-state index is 0. The third-order valence-corrected chi connectivity index (χ3v) is 2.26. The quantitative estimate of drug-likeness (QED) is 0.731. The Morgan fingerprint density at radius 3 is 3.08 bits per heavy atom. The number of hydrogen-bond donors (Lipinski definition) is 0. The van der Waals surface area contributed by atoms with Gasteiger partial charge in [-0.15, -0.1) is 12.4 Å². The first kappa shape index (κ1) is 10.5. The van der Waals surface area contributed by atoms with Crippen LogP contribution >= 0.6 is 12.4 Å². The van der Waals surface area contributed by atoms with Crippen molar-refractivity contribution in [3.63, 3.8) is 0 Å². The van der Waals surface area contributed by atoms with Crippen LogP contribution in [-0.2, 0) is 11.3 Å². The minimum Gasteiger partial charge on any atom is -0.381 e. The number of ether oxygens (including phenoxy) is 1. The van der Waals surface area contributed by atoms with Gasteiger partial charge in [-0.1, -0.05) is 0 Å². The van der Waals surface area contributed by atoms with E-state index >= 15 is 0 Å². The minimum absolute atomic E-state index is 0. The van der Waals surface area contributed by atoms with Crippen LogP contribution in [0.15, 0.2) is 18.5 Å². The molecule has 0 amide bonds. The fourth-order valence-corrected chi connectivity index (χ4v) is 1.62. The molecule has 4 heteroatoms. The lowest BCUT2D eigenvalue weighted by Gasteiger charge is -2.21. The van der Waals surface area contributed by atoms with E-state index in [1.54, 1.807) is 0 Å². The molecule has 2 rings (SSSR count). The number of nitrogens with zero attached hydrogens (tertiary/aromatic N) is 2. The first-order valence-corrected chi connectivity index (χ1v) is 4.50. The van der Waals surface area contributed by atoms with Crippen LogP contribution in [0.2, 0.25) is 0 Å². The monoisotopic (exact) mass is 202 g/mol. The van der Waals surface area contributed by atoms with E-state index in [0.717, 1.165) is 19.8 Å². The van der Waals surface area contributed by atoms with Gasteiger partial charge in [-0.3, -0.25) is 4.68 Å². The summed E-state index contributed by atoms with van der Waals surface area (Å²) in [7, 11) is 0. The SMILES string of the molecule is Cl.c1cnn(CC2CCCOC2)c1. The van der Waals surface area contributed by atoms with Crippen molar-refractivity contribution >= 4 is 12.4 Å². The molecule has 3 nitrogen and oxygen atoms in total. The van der Waals surface area contributed by atoms with Crippen molar-refractivity contribution < 1.29 is 4.74 Å². The molecule has 0 aliphatic carbocycles. The first-order valence-electron chi connectivity index (χ1n) is 4.50. The molecular formula is C9H15ClN2O. The lowest BCUT2D eigenvalue weighted by atomic mass is 10.0. The molecule has 0 aromatic carbocycles. The largest absolute Gasteiger partial charge is 0.381 e. The molecule has 1 aromatic rings. The maximum Gasteiger partial charge on any atom is 0.0511 e. The van der Waals surface area contributed by atoms with Gasteiger partial charge in [-0.25, -0.2) is 0 Å². The van der Waals surface area contributed by atoms with Crippen LogP contribution in [0.25, 0.3) is 0 Å². The second-order valence-electron chi connectivity index (χ2n) is 3.31. The van der Waals surface area contributed by atoms with Crippen LogP contribution in [0.5, 0.6) is 0 Å². The highest BCUT2D eigenvalue weighted by atomic mass is 35.5. The van der Waals surface area contributed by atoms with E-state index in [1.165, 1.54) is 12.8 Å². The Balaban J connectivity index is 0.000000845. The van der Waals surface area contributed by atoms with E-state index < -0.39 is 0 Å². The highest BCUT2D eigenvalue weighted by Gasteiger charge is 2.13. The summed E-state index contributed by atoms with van der Waals surface area (Å²) in [5.41, 5.74) is 0. The predicted octanol–water partition coefficient (Wildman–Crippen LogP) is 1.73. The van der Waals surface area contributed by atoms with Crippen molar-refractivity contribution in [1.82, 2.24) is 9.78 Å². The summed E-state index contributed by atoms with van der Waals surface area (Å²) in [5.74, 6) is 0.665. The third-order valence-electron chi connectivity index (χ3n) is 2.26. The molecule has 13 heavy (non-hydrogen) atoms. The van der Waals surface area contributed by atoms with Crippen LogP contribution in [0.4, 0.5) is 0 Å². The highest BCUT2D eigenvalue weighted by molar-refractivity contribution is 5.85. The molecule has 1 unspecified atom stereocenters. The van der Waals surface area contributed by atoms with Gasteiger partial charge >= 0.3 is 0 Å². The second-order valence-corrected chi connectivity index (χ2v) is 3.31. The van der Waals surface area contributed by atoms with Gasteiger partial charge in [0.15, 0.2) is 0 Å². The Kier molecular flexibility index (Phi) is 4.25. The van der Waals surface area contributed by atoms with Crippen LogP contribution in [0.3, 0.4) is 0 Å². The first-order chi connectivity index (χ1) is 5.95. The third kappa shape index (κ3) is 3.01. The zero-order valence-corrected chi connectivity index (χ0v) is 8.37. The maximum atomic E-state index is 5.39. The molecule has 1 atom stereocenters. The molecule has 0 saturated carbocycles. The van der Waals surface area contributed by atoms with Gasteiger partial charge in [0, 0.05) is 31.5 Å². The lowest BCUT2D eigenvalue weighted by Crippen LogP contribution is -2.22. The van der Waals surface area contributed by atoms with Gasteiger partial charge < -0.3 is 4.74 Å². The molecule has 1 aliphatic rings. The van der Waals surface area contributed by atoms with E-state index in [-0.39, 0.29) is 12.4 Å². The van der Waals surface area contributed by atoms with Gasteiger partial charge in [-0.2, -0.15) is 5.10 Å². The van der Waals surface area contributed by atoms with Crippen molar-refractivity contribution in [2.45, 2.75) is 19.4 Å². The van der Waals surface area contributed by atoms with E-state index in [0.29, 0.717) is 5.92 Å². The normalized spacial score (nSPS) is 22.3. The summed E-state index contributed by atoms with van der Waals surface area (Å²) < 4.78 is 7.38.